The molecule has 1 aliphatic heterocycles. The SMILES string of the molecule is Nc1ccc(N2CCN(CCCC(F)(F)F)CC2)nc1. The van der Waals surface area contributed by atoms with Crippen molar-refractivity contribution in [2.75, 3.05) is 43.4 Å². The minimum Gasteiger partial charge on any atom is -0.397 e. The van der Waals surface area contributed by atoms with Crippen LogP contribution in [0.3, 0.4) is 0 Å². The first-order valence-corrected chi connectivity index (χ1v) is 6.70. The van der Waals surface area contributed by atoms with E-state index in [9.17, 15) is 13.2 Å². The number of nitrogen functional groups attached to an aromatic ring is 1. The number of hydrogen-bond donors (Lipinski definition) is 1. The molecule has 0 aliphatic carbocycles. The van der Waals surface area contributed by atoms with Crippen molar-refractivity contribution in [2.45, 2.75) is 19.0 Å². The Kier molecular flexibility index (Phi) is 4.69. The van der Waals surface area contributed by atoms with E-state index in [1.165, 1.54) is 0 Å². The summed E-state index contributed by atoms with van der Waals surface area (Å²) in [4.78, 5) is 8.45. The zero-order valence-electron chi connectivity index (χ0n) is 11.2. The molecule has 1 aliphatic rings. The first-order chi connectivity index (χ1) is 9.44. The van der Waals surface area contributed by atoms with Gasteiger partial charge in [-0.2, -0.15) is 13.2 Å². The van der Waals surface area contributed by atoms with E-state index >= 15 is 0 Å². The van der Waals surface area contributed by atoms with Crippen LogP contribution < -0.4 is 10.6 Å². The highest BCUT2D eigenvalue weighted by atomic mass is 19.4. The Morgan fingerprint density at radius 2 is 1.85 bits per heavy atom. The zero-order valence-corrected chi connectivity index (χ0v) is 11.2. The molecule has 1 aromatic heterocycles. The van der Waals surface area contributed by atoms with Crippen LogP contribution in [0.2, 0.25) is 0 Å². The lowest BCUT2D eigenvalue weighted by Crippen LogP contribution is -2.47. The number of pyridine rings is 1. The fourth-order valence-corrected chi connectivity index (χ4v) is 2.29. The summed E-state index contributed by atoms with van der Waals surface area (Å²) in [6.45, 7) is 3.60. The van der Waals surface area contributed by atoms with Crippen molar-refractivity contribution in [1.82, 2.24) is 9.88 Å². The van der Waals surface area contributed by atoms with Gasteiger partial charge in [0.15, 0.2) is 0 Å². The Labute approximate surface area is 116 Å². The van der Waals surface area contributed by atoms with Gasteiger partial charge in [-0.25, -0.2) is 4.98 Å². The zero-order chi connectivity index (χ0) is 14.6. The number of alkyl halides is 3. The van der Waals surface area contributed by atoms with Crippen LogP contribution in [0.25, 0.3) is 0 Å². The van der Waals surface area contributed by atoms with E-state index in [0.717, 1.165) is 32.0 Å². The average Bonchev–Trinajstić information content (AvgIpc) is 2.39. The van der Waals surface area contributed by atoms with Gasteiger partial charge < -0.3 is 10.6 Å². The summed E-state index contributed by atoms with van der Waals surface area (Å²) in [5.74, 6) is 0.870. The predicted molar refractivity (Wildman–Crippen MR) is 72.6 cm³/mol. The number of rotatable bonds is 4. The Balaban J connectivity index is 1.74. The molecule has 2 heterocycles. The first kappa shape index (κ1) is 14.9. The standard InChI is InChI=1S/C13H19F3N4/c14-13(15,16)4-1-5-19-6-8-20(9-7-19)12-3-2-11(17)10-18-12/h2-3,10H,1,4-9,17H2. The molecule has 2 rings (SSSR count). The van der Waals surface area contributed by atoms with Crippen LogP contribution in [-0.4, -0.2) is 48.8 Å². The summed E-state index contributed by atoms with van der Waals surface area (Å²) in [5, 5.41) is 0. The van der Waals surface area contributed by atoms with Crippen LogP contribution in [0, 0.1) is 0 Å². The summed E-state index contributed by atoms with van der Waals surface area (Å²) in [5.41, 5.74) is 6.21. The largest absolute Gasteiger partial charge is 0.397 e. The fraction of sp³-hybridized carbons (Fsp3) is 0.615. The molecule has 0 spiro atoms. The highest BCUT2D eigenvalue weighted by Gasteiger charge is 2.27. The molecular weight excluding hydrogens is 269 g/mol. The molecular formula is C13H19F3N4. The van der Waals surface area contributed by atoms with Gasteiger partial charge in [-0.05, 0) is 25.1 Å². The van der Waals surface area contributed by atoms with E-state index in [0.29, 0.717) is 12.2 Å². The Morgan fingerprint density at radius 3 is 2.40 bits per heavy atom. The van der Waals surface area contributed by atoms with Crippen molar-refractivity contribution in [3.63, 3.8) is 0 Å². The summed E-state index contributed by atoms with van der Waals surface area (Å²) in [6, 6.07) is 3.67. The Hall–Kier alpha value is -1.50. The number of nitrogens with two attached hydrogens (primary N) is 1. The topological polar surface area (TPSA) is 45.4 Å². The highest BCUT2D eigenvalue weighted by molar-refractivity contribution is 5.46. The normalized spacial score (nSPS) is 17.4. The molecule has 1 fully saturated rings. The third-order valence-corrected chi connectivity index (χ3v) is 3.40. The van der Waals surface area contributed by atoms with Gasteiger partial charge in [-0.1, -0.05) is 0 Å². The number of aromatic nitrogens is 1. The first-order valence-electron chi connectivity index (χ1n) is 6.70. The molecule has 2 N–H and O–H groups in total. The second-order valence-electron chi connectivity index (χ2n) is 5.00. The van der Waals surface area contributed by atoms with Crippen molar-refractivity contribution < 1.29 is 13.2 Å². The molecule has 112 valence electrons. The van der Waals surface area contributed by atoms with E-state index in [2.05, 4.69) is 14.8 Å². The summed E-state index contributed by atoms with van der Waals surface area (Å²) in [7, 11) is 0. The molecule has 0 unspecified atom stereocenters. The Morgan fingerprint density at radius 1 is 1.15 bits per heavy atom. The van der Waals surface area contributed by atoms with E-state index in [1.807, 2.05) is 6.07 Å². The quantitative estimate of drug-likeness (QED) is 0.922. The lowest BCUT2D eigenvalue weighted by atomic mass is 10.2. The minimum atomic E-state index is -4.05. The third kappa shape index (κ3) is 4.56. The molecule has 0 amide bonds. The van der Waals surface area contributed by atoms with E-state index < -0.39 is 12.6 Å². The highest BCUT2D eigenvalue weighted by Crippen LogP contribution is 2.22. The van der Waals surface area contributed by atoms with Gasteiger partial charge in [0.1, 0.15) is 5.82 Å². The van der Waals surface area contributed by atoms with E-state index in [-0.39, 0.29) is 6.42 Å². The van der Waals surface area contributed by atoms with Crippen molar-refractivity contribution in [3.05, 3.63) is 18.3 Å². The summed E-state index contributed by atoms with van der Waals surface area (Å²) >= 11 is 0. The van der Waals surface area contributed by atoms with E-state index in [4.69, 9.17) is 5.73 Å². The number of halogens is 3. The van der Waals surface area contributed by atoms with Gasteiger partial charge in [-0.3, -0.25) is 4.90 Å². The van der Waals surface area contributed by atoms with Gasteiger partial charge in [0.2, 0.25) is 0 Å². The van der Waals surface area contributed by atoms with Crippen molar-refractivity contribution in [3.8, 4) is 0 Å². The lowest BCUT2D eigenvalue weighted by molar-refractivity contribution is -0.136. The third-order valence-electron chi connectivity index (χ3n) is 3.40. The summed E-state index contributed by atoms with van der Waals surface area (Å²) < 4.78 is 36.2. The number of anilines is 2. The Bertz CT molecular complexity index is 411. The molecule has 20 heavy (non-hydrogen) atoms. The molecule has 4 nitrogen and oxygen atoms in total. The molecule has 0 atom stereocenters. The molecule has 0 saturated carbocycles. The summed E-state index contributed by atoms with van der Waals surface area (Å²) in [6.07, 6.45) is -2.96. The lowest BCUT2D eigenvalue weighted by Gasteiger charge is -2.35. The molecule has 7 heteroatoms. The second-order valence-corrected chi connectivity index (χ2v) is 5.00. The van der Waals surface area contributed by atoms with Crippen LogP contribution in [-0.2, 0) is 0 Å². The molecule has 0 radical (unpaired) electrons. The van der Waals surface area contributed by atoms with Gasteiger partial charge in [0, 0.05) is 32.6 Å². The molecule has 0 aromatic carbocycles. The van der Waals surface area contributed by atoms with Crippen LogP contribution in [0.5, 0.6) is 0 Å². The van der Waals surface area contributed by atoms with Crippen LogP contribution in [0.4, 0.5) is 24.7 Å². The number of hydrogen-bond acceptors (Lipinski definition) is 4. The maximum atomic E-state index is 12.1. The van der Waals surface area contributed by atoms with Crippen molar-refractivity contribution in [2.24, 2.45) is 0 Å². The minimum absolute atomic E-state index is 0.170. The number of nitrogens with zero attached hydrogens (tertiary/aromatic N) is 3. The van der Waals surface area contributed by atoms with Crippen molar-refractivity contribution in [1.29, 1.82) is 0 Å². The van der Waals surface area contributed by atoms with Gasteiger partial charge in [0.25, 0.3) is 0 Å². The second kappa shape index (κ2) is 6.30. The molecule has 0 bridgehead atoms. The molecule has 1 saturated heterocycles. The van der Waals surface area contributed by atoms with Gasteiger partial charge >= 0.3 is 6.18 Å². The number of piperazine rings is 1. The average molecular weight is 288 g/mol. The van der Waals surface area contributed by atoms with Gasteiger partial charge in [-0.15, -0.1) is 0 Å². The fourth-order valence-electron chi connectivity index (χ4n) is 2.29. The maximum Gasteiger partial charge on any atom is 0.389 e. The van der Waals surface area contributed by atoms with Crippen molar-refractivity contribution >= 4 is 11.5 Å². The molecule has 1 aromatic rings. The van der Waals surface area contributed by atoms with Crippen LogP contribution in [0.1, 0.15) is 12.8 Å². The maximum absolute atomic E-state index is 12.1. The smallest absolute Gasteiger partial charge is 0.389 e. The van der Waals surface area contributed by atoms with Crippen LogP contribution in [0.15, 0.2) is 18.3 Å². The van der Waals surface area contributed by atoms with Crippen LogP contribution >= 0.6 is 0 Å². The monoisotopic (exact) mass is 288 g/mol. The predicted octanol–water partition coefficient (Wildman–Crippen LogP) is 2.13. The van der Waals surface area contributed by atoms with Gasteiger partial charge in [0.05, 0.1) is 11.9 Å². The van der Waals surface area contributed by atoms with E-state index in [1.54, 1.807) is 12.3 Å².